The number of rotatable bonds is 8. The predicted molar refractivity (Wildman–Crippen MR) is 81.4 cm³/mol. The zero-order valence-corrected chi connectivity index (χ0v) is 14.9. The van der Waals surface area contributed by atoms with Gasteiger partial charge in [-0.1, -0.05) is 0 Å². The summed E-state index contributed by atoms with van der Waals surface area (Å²) in [4.78, 5) is 11.2. The SMILES string of the molecule is CS(=O)(=O)OCCN1C(N(O)C(N)=O)CCOP1(=O)NCCCl. The van der Waals surface area contributed by atoms with Crippen molar-refractivity contribution in [1.29, 1.82) is 0 Å². The molecule has 1 heterocycles. The molecule has 1 saturated heterocycles. The first-order chi connectivity index (χ1) is 10.6. The third-order valence-corrected chi connectivity index (χ3v) is 5.94. The van der Waals surface area contributed by atoms with Crippen molar-refractivity contribution in [3.63, 3.8) is 0 Å². The second-order valence-corrected chi connectivity index (χ2v) is 8.74. The average molecular weight is 395 g/mol. The molecule has 2 atom stereocenters. The highest BCUT2D eigenvalue weighted by Gasteiger charge is 2.44. The van der Waals surface area contributed by atoms with E-state index >= 15 is 0 Å². The van der Waals surface area contributed by atoms with E-state index in [9.17, 15) is 23.0 Å². The van der Waals surface area contributed by atoms with E-state index in [1.807, 2.05) is 0 Å². The number of nitrogens with zero attached hydrogens (tertiary/aromatic N) is 2. The fourth-order valence-electron chi connectivity index (χ4n) is 1.96. The van der Waals surface area contributed by atoms with Crippen LogP contribution in [0.5, 0.6) is 0 Å². The Hall–Kier alpha value is -0.460. The Balaban J connectivity index is 2.95. The van der Waals surface area contributed by atoms with Gasteiger partial charge in [-0.2, -0.15) is 18.2 Å². The number of urea groups is 1. The number of halogens is 1. The van der Waals surface area contributed by atoms with Crippen molar-refractivity contribution in [2.45, 2.75) is 12.6 Å². The molecule has 0 aliphatic carbocycles. The predicted octanol–water partition coefficient (Wildman–Crippen LogP) is -0.283. The van der Waals surface area contributed by atoms with Crippen LogP contribution in [0.25, 0.3) is 0 Å². The molecule has 1 rings (SSSR count). The summed E-state index contributed by atoms with van der Waals surface area (Å²) in [5, 5.41) is 12.6. The fourth-order valence-corrected chi connectivity index (χ4v) is 4.64. The van der Waals surface area contributed by atoms with Gasteiger partial charge in [0.25, 0.3) is 10.1 Å². The van der Waals surface area contributed by atoms with E-state index in [0.29, 0.717) is 0 Å². The van der Waals surface area contributed by atoms with Crippen LogP contribution >= 0.6 is 19.3 Å². The van der Waals surface area contributed by atoms with Crippen molar-refractivity contribution in [3.8, 4) is 0 Å². The highest BCUT2D eigenvalue weighted by molar-refractivity contribution is 7.85. The third kappa shape index (κ3) is 6.16. The number of nitrogens with two attached hydrogens (primary N) is 1. The summed E-state index contributed by atoms with van der Waals surface area (Å²) in [5.41, 5.74) is 5.03. The van der Waals surface area contributed by atoms with Crippen LogP contribution in [0, 0.1) is 0 Å². The Labute approximate surface area is 139 Å². The Kier molecular flexibility index (Phi) is 7.68. The second-order valence-electron chi connectivity index (χ2n) is 4.59. The number of nitrogens with one attached hydrogen (secondary N) is 1. The third-order valence-electron chi connectivity index (χ3n) is 2.86. The van der Waals surface area contributed by atoms with Gasteiger partial charge in [-0.15, -0.1) is 11.6 Å². The highest BCUT2D eigenvalue weighted by atomic mass is 35.5. The van der Waals surface area contributed by atoms with Gasteiger partial charge in [-0.25, -0.2) is 9.88 Å². The minimum absolute atomic E-state index is 0.00892. The normalized spacial score (nSPS) is 26.1. The Bertz CT molecular complexity index is 562. The molecule has 1 aliphatic heterocycles. The van der Waals surface area contributed by atoms with Gasteiger partial charge in [-0.05, 0) is 0 Å². The van der Waals surface area contributed by atoms with E-state index in [1.165, 1.54) is 0 Å². The smallest absolute Gasteiger partial charge is 0.345 e. The molecular weight excluding hydrogens is 375 g/mol. The molecule has 0 aromatic heterocycles. The van der Waals surface area contributed by atoms with Crippen LogP contribution in [-0.2, 0) is 23.4 Å². The Morgan fingerprint density at radius 1 is 1.65 bits per heavy atom. The van der Waals surface area contributed by atoms with Gasteiger partial charge in [0, 0.05) is 25.4 Å². The van der Waals surface area contributed by atoms with Gasteiger partial charge >= 0.3 is 13.7 Å². The molecule has 0 spiro atoms. The summed E-state index contributed by atoms with van der Waals surface area (Å²) >= 11 is 5.55. The van der Waals surface area contributed by atoms with Crippen LogP contribution in [-0.4, -0.2) is 74.0 Å². The standard InChI is InChI=1S/C9H20ClN4O7PS/c1-23(18,19)21-7-5-13-8(14(16)9(11)15)2-6-20-22(13,17)12-4-3-10/h8,16H,2-7H2,1H3,(H2,11,15)(H,12,17). The van der Waals surface area contributed by atoms with Crippen LogP contribution in [0.3, 0.4) is 0 Å². The molecule has 4 N–H and O–H groups in total. The number of alkyl halides is 1. The Morgan fingerprint density at radius 2 is 2.30 bits per heavy atom. The molecule has 23 heavy (non-hydrogen) atoms. The van der Waals surface area contributed by atoms with Crippen LogP contribution in [0.15, 0.2) is 0 Å². The van der Waals surface area contributed by atoms with Crippen molar-refractivity contribution in [3.05, 3.63) is 0 Å². The fraction of sp³-hybridized carbons (Fsp3) is 0.889. The summed E-state index contributed by atoms with van der Waals surface area (Å²) in [5.74, 6) is 0.143. The van der Waals surface area contributed by atoms with Gasteiger partial charge in [0.15, 0.2) is 0 Å². The number of hydroxylamine groups is 2. The molecule has 11 nitrogen and oxygen atoms in total. The molecule has 1 fully saturated rings. The van der Waals surface area contributed by atoms with Gasteiger partial charge in [0.2, 0.25) is 0 Å². The largest absolute Gasteiger partial charge is 0.350 e. The summed E-state index contributed by atoms with van der Waals surface area (Å²) < 4.78 is 45.9. The lowest BCUT2D eigenvalue weighted by Crippen LogP contribution is -2.54. The summed E-state index contributed by atoms with van der Waals surface area (Å²) in [6.07, 6.45) is -0.0761. The molecule has 1 aliphatic rings. The number of hydrogen-bond acceptors (Lipinski definition) is 7. The molecular formula is C9H20ClN4O7PS. The molecule has 2 amide bonds. The highest BCUT2D eigenvalue weighted by Crippen LogP contribution is 2.51. The van der Waals surface area contributed by atoms with Crippen LogP contribution < -0.4 is 10.8 Å². The topological polar surface area (TPSA) is 152 Å². The lowest BCUT2D eigenvalue weighted by molar-refractivity contribution is -0.123. The number of carbonyl (C=O) groups is 1. The zero-order chi connectivity index (χ0) is 17.7. The average Bonchev–Trinajstić information content (AvgIpc) is 2.45. The summed E-state index contributed by atoms with van der Waals surface area (Å²) in [7, 11) is -7.36. The quantitative estimate of drug-likeness (QED) is 0.166. The first-order valence-electron chi connectivity index (χ1n) is 6.55. The second kappa shape index (κ2) is 8.58. The van der Waals surface area contributed by atoms with Crippen molar-refractivity contribution in [1.82, 2.24) is 14.8 Å². The van der Waals surface area contributed by atoms with Gasteiger partial charge in [0.1, 0.15) is 6.17 Å². The molecule has 2 unspecified atom stereocenters. The van der Waals surface area contributed by atoms with E-state index in [0.717, 1.165) is 10.9 Å². The summed E-state index contributed by atoms with van der Waals surface area (Å²) in [6.45, 7) is -0.422. The summed E-state index contributed by atoms with van der Waals surface area (Å²) in [6, 6.07) is -1.14. The first kappa shape index (κ1) is 20.6. The van der Waals surface area contributed by atoms with Gasteiger partial charge in [0.05, 0.1) is 19.5 Å². The van der Waals surface area contributed by atoms with E-state index in [1.54, 1.807) is 0 Å². The van der Waals surface area contributed by atoms with E-state index < -0.39 is 30.0 Å². The molecule has 0 saturated carbocycles. The molecule has 14 heteroatoms. The molecule has 136 valence electrons. The molecule has 0 radical (unpaired) electrons. The van der Waals surface area contributed by atoms with E-state index in [-0.39, 0.29) is 43.7 Å². The maximum atomic E-state index is 12.9. The van der Waals surface area contributed by atoms with Crippen molar-refractivity contribution < 1.29 is 31.7 Å². The van der Waals surface area contributed by atoms with Crippen molar-refractivity contribution in [2.24, 2.45) is 5.73 Å². The lowest BCUT2D eigenvalue weighted by Gasteiger charge is -2.42. The lowest BCUT2D eigenvalue weighted by atomic mass is 10.3. The van der Waals surface area contributed by atoms with Crippen molar-refractivity contribution >= 4 is 35.4 Å². The van der Waals surface area contributed by atoms with Crippen molar-refractivity contribution in [2.75, 3.05) is 38.4 Å². The van der Waals surface area contributed by atoms with Crippen LogP contribution in [0.4, 0.5) is 4.79 Å². The monoisotopic (exact) mass is 394 g/mol. The molecule has 0 aromatic rings. The van der Waals surface area contributed by atoms with Gasteiger partial charge in [-0.3, -0.25) is 14.0 Å². The van der Waals surface area contributed by atoms with Gasteiger partial charge < -0.3 is 10.3 Å². The number of carbonyl (C=O) groups excluding carboxylic acids is 1. The number of hydrogen-bond donors (Lipinski definition) is 3. The maximum absolute atomic E-state index is 12.9. The van der Waals surface area contributed by atoms with Crippen LogP contribution in [0.2, 0.25) is 0 Å². The van der Waals surface area contributed by atoms with E-state index in [4.69, 9.17) is 21.9 Å². The number of primary amides is 1. The van der Waals surface area contributed by atoms with Crippen LogP contribution in [0.1, 0.15) is 6.42 Å². The van der Waals surface area contributed by atoms with E-state index in [2.05, 4.69) is 9.27 Å². The molecule has 0 bridgehead atoms. The molecule has 0 aromatic carbocycles. The minimum atomic E-state index is -3.70. The first-order valence-corrected chi connectivity index (χ1v) is 10.5. The minimum Gasteiger partial charge on any atom is -0.350 e. The maximum Gasteiger partial charge on any atom is 0.345 e. The zero-order valence-electron chi connectivity index (χ0n) is 12.4. The number of amides is 2. The Morgan fingerprint density at radius 3 is 2.83 bits per heavy atom.